The number of amides is 1. The van der Waals surface area contributed by atoms with Gasteiger partial charge in [-0.1, -0.05) is 6.07 Å². The maximum absolute atomic E-state index is 13.5. The molecule has 0 radical (unpaired) electrons. The SMILES string of the molecule is O=C(NCC1CCCS1(=O)=O)c1c(F)cccc1Br. The molecule has 1 aliphatic rings. The number of hydrogen-bond donors (Lipinski definition) is 1. The van der Waals surface area contributed by atoms with Crippen molar-refractivity contribution in [3.8, 4) is 0 Å². The van der Waals surface area contributed by atoms with Crippen LogP contribution in [0.15, 0.2) is 22.7 Å². The van der Waals surface area contributed by atoms with Crippen molar-refractivity contribution in [2.24, 2.45) is 0 Å². The topological polar surface area (TPSA) is 63.2 Å². The molecular formula is C12H13BrFNO3S. The number of hydrogen-bond acceptors (Lipinski definition) is 3. The lowest BCUT2D eigenvalue weighted by atomic mass is 10.2. The lowest BCUT2D eigenvalue weighted by Crippen LogP contribution is -2.35. The van der Waals surface area contributed by atoms with Gasteiger partial charge in [-0.15, -0.1) is 0 Å². The first-order valence-corrected chi connectivity index (χ1v) is 8.36. The number of halogens is 2. The molecule has 2 rings (SSSR count). The van der Waals surface area contributed by atoms with E-state index < -0.39 is 26.8 Å². The molecule has 1 N–H and O–H groups in total. The van der Waals surface area contributed by atoms with Crippen molar-refractivity contribution >= 4 is 31.7 Å². The Balaban J connectivity index is 2.06. The molecule has 19 heavy (non-hydrogen) atoms. The zero-order valence-corrected chi connectivity index (χ0v) is 12.4. The lowest BCUT2D eigenvalue weighted by Gasteiger charge is -2.12. The molecule has 1 fully saturated rings. The average molecular weight is 350 g/mol. The number of sulfone groups is 1. The zero-order chi connectivity index (χ0) is 14.0. The van der Waals surface area contributed by atoms with Crippen LogP contribution in [0.25, 0.3) is 0 Å². The Morgan fingerprint density at radius 2 is 2.21 bits per heavy atom. The summed E-state index contributed by atoms with van der Waals surface area (Å²) in [5.41, 5.74) is -0.0992. The summed E-state index contributed by atoms with van der Waals surface area (Å²) in [6, 6.07) is 4.23. The first-order chi connectivity index (χ1) is 8.92. The van der Waals surface area contributed by atoms with Crippen LogP contribution >= 0.6 is 15.9 Å². The van der Waals surface area contributed by atoms with Crippen molar-refractivity contribution in [2.75, 3.05) is 12.3 Å². The fourth-order valence-corrected chi connectivity index (χ4v) is 4.38. The summed E-state index contributed by atoms with van der Waals surface area (Å²) in [5, 5.41) is 1.94. The number of nitrogens with one attached hydrogen (secondary N) is 1. The van der Waals surface area contributed by atoms with Crippen LogP contribution in [-0.4, -0.2) is 31.9 Å². The molecule has 1 unspecified atom stereocenters. The Hall–Kier alpha value is -0.950. The van der Waals surface area contributed by atoms with Crippen LogP contribution in [0.1, 0.15) is 23.2 Å². The second kappa shape index (κ2) is 5.58. The molecule has 0 aliphatic carbocycles. The van der Waals surface area contributed by atoms with Crippen LogP contribution in [-0.2, 0) is 9.84 Å². The highest BCUT2D eigenvalue weighted by atomic mass is 79.9. The molecule has 1 aromatic carbocycles. The van der Waals surface area contributed by atoms with Gasteiger partial charge in [0.1, 0.15) is 5.82 Å². The Morgan fingerprint density at radius 3 is 2.79 bits per heavy atom. The third-order valence-corrected chi connectivity index (χ3v) is 6.08. The summed E-state index contributed by atoms with van der Waals surface area (Å²) < 4.78 is 37.1. The molecule has 0 saturated carbocycles. The molecule has 0 spiro atoms. The summed E-state index contributed by atoms with van der Waals surface area (Å²) >= 11 is 3.10. The van der Waals surface area contributed by atoms with E-state index in [4.69, 9.17) is 0 Å². The highest BCUT2D eigenvalue weighted by Crippen LogP contribution is 2.21. The molecule has 1 saturated heterocycles. The minimum atomic E-state index is -3.11. The molecule has 0 aromatic heterocycles. The fourth-order valence-electron chi connectivity index (χ4n) is 2.10. The van der Waals surface area contributed by atoms with Crippen LogP contribution in [0.4, 0.5) is 4.39 Å². The molecule has 104 valence electrons. The summed E-state index contributed by atoms with van der Waals surface area (Å²) in [7, 11) is -3.11. The van der Waals surface area contributed by atoms with Gasteiger partial charge in [0, 0.05) is 11.0 Å². The predicted octanol–water partition coefficient (Wildman–Crippen LogP) is 1.90. The van der Waals surface area contributed by atoms with Gasteiger partial charge in [0.15, 0.2) is 9.84 Å². The number of carbonyl (C=O) groups is 1. The largest absolute Gasteiger partial charge is 0.351 e. The van der Waals surface area contributed by atoms with E-state index in [9.17, 15) is 17.6 Å². The van der Waals surface area contributed by atoms with E-state index in [0.717, 1.165) is 0 Å². The molecular weight excluding hydrogens is 337 g/mol. The number of benzene rings is 1. The minimum absolute atomic E-state index is 0.0297. The molecule has 1 aliphatic heterocycles. The van der Waals surface area contributed by atoms with Crippen LogP contribution < -0.4 is 5.32 Å². The number of rotatable bonds is 3. The standard InChI is InChI=1S/C12H13BrFNO3S/c13-9-4-1-5-10(14)11(9)12(16)15-7-8-3-2-6-19(8,17)18/h1,4-5,8H,2-3,6-7H2,(H,15,16). The molecule has 7 heteroatoms. The predicted molar refractivity (Wildman–Crippen MR) is 73.2 cm³/mol. The summed E-state index contributed by atoms with van der Waals surface area (Å²) in [6.45, 7) is 0.0297. The van der Waals surface area contributed by atoms with Gasteiger partial charge in [0.25, 0.3) is 5.91 Å². The molecule has 1 aromatic rings. The van der Waals surface area contributed by atoms with E-state index in [1.807, 2.05) is 0 Å². The highest BCUT2D eigenvalue weighted by molar-refractivity contribution is 9.10. The van der Waals surface area contributed by atoms with Crippen molar-refractivity contribution in [2.45, 2.75) is 18.1 Å². The Bertz CT molecular complexity index is 583. The van der Waals surface area contributed by atoms with Gasteiger partial charge in [0.2, 0.25) is 0 Å². The molecule has 1 atom stereocenters. The second-order valence-electron chi connectivity index (χ2n) is 4.44. The van der Waals surface area contributed by atoms with E-state index in [2.05, 4.69) is 21.2 Å². The van der Waals surface area contributed by atoms with E-state index in [0.29, 0.717) is 17.3 Å². The first-order valence-electron chi connectivity index (χ1n) is 5.85. The van der Waals surface area contributed by atoms with Crippen LogP contribution in [0.2, 0.25) is 0 Å². The monoisotopic (exact) mass is 349 g/mol. The molecule has 1 heterocycles. The van der Waals surface area contributed by atoms with E-state index in [-0.39, 0.29) is 17.9 Å². The third kappa shape index (κ3) is 3.14. The molecule has 4 nitrogen and oxygen atoms in total. The summed E-state index contributed by atoms with van der Waals surface area (Å²) in [5.74, 6) is -1.08. The van der Waals surface area contributed by atoms with Crippen molar-refractivity contribution < 1.29 is 17.6 Å². The Kier molecular flexibility index (Phi) is 4.25. The van der Waals surface area contributed by atoms with Crippen molar-refractivity contribution in [3.05, 3.63) is 34.1 Å². The normalized spacial score (nSPS) is 21.3. The summed E-state index contributed by atoms with van der Waals surface area (Å²) in [4.78, 5) is 11.9. The van der Waals surface area contributed by atoms with E-state index in [1.54, 1.807) is 6.07 Å². The van der Waals surface area contributed by atoms with Crippen molar-refractivity contribution in [1.82, 2.24) is 5.32 Å². The Labute approximate surface area is 119 Å². The van der Waals surface area contributed by atoms with Crippen LogP contribution in [0.3, 0.4) is 0 Å². The smallest absolute Gasteiger partial charge is 0.255 e. The average Bonchev–Trinajstić information content (AvgIpc) is 2.65. The van der Waals surface area contributed by atoms with Gasteiger partial charge in [-0.05, 0) is 40.9 Å². The quantitative estimate of drug-likeness (QED) is 0.906. The Morgan fingerprint density at radius 1 is 1.47 bits per heavy atom. The number of carbonyl (C=O) groups excluding carboxylic acids is 1. The van der Waals surface area contributed by atoms with Gasteiger partial charge >= 0.3 is 0 Å². The van der Waals surface area contributed by atoms with Gasteiger partial charge in [0.05, 0.1) is 16.6 Å². The second-order valence-corrected chi connectivity index (χ2v) is 7.69. The maximum atomic E-state index is 13.5. The van der Waals surface area contributed by atoms with Gasteiger partial charge in [-0.25, -0.2) is 12.8 Å². The van der Waals surface area contributed by atoms with E-state index in [1.165, 1.54) is 12.1 Å². The van der Waals surface area contributed by atoms with E-state index >= 15 is 0 Å². The van der Waals surface area contributed by atoms with Gasteiger partial charge < -0.3 is 5.32 Å². The van der Waals surface area contributed by atoms with Crippen molar-refractivity contribution in [1.29, 1.82) is 0 Å². The molecule has 0 bridgehead atoms. The van der Waals surface area contributed by atoms with Gasteiger partial charge in [-0.2, -0.15) is 0 Å². The zero-order valence-electron chi connectivity index (χ0n) is 10.0. The third-order valence-electron chi connectivity index (χ3n) is 3.14. The van der Waals surface area contributed by atoms with Gasteiger partial charge in [-0.3, -0.25) is 4.79 Å². The first kappa shape index (κ1) is 14.5. The summed E-state index contributed by atoms with van der Waals surface area (Å²) in [6.07, 6.45) is 1.16. The minimum Gasteiger partial charge on any atom is -0.351 e. The lowest BCUT2D eigenvalue weighted by molar-refractivity contribution is 0.0948. The fraction of sp³-hybridized carbons (Fsp3) is 0.417. The molecule has 1 amide bonds. The highest BCUT2D eigenvalue weighted by Gasteiger charge is 2.31. The van der Waals surface area contributed by atoms with Crippen molar-refractivity contribution in [3.63, 3.8) is 0 Å². The van der Waals surface area contributed by atoms with Crippen LogP contribution in [0, 0.1) is 5.82 Å². The maximum Gasteiger partial charge on any atom is 0.255 e. The van der Waals surface area contributed by atoms with Crippen LogP contribution in [0.5, 0.6) is 0 Å².